The van der Waals surface area contributed by atoms with Crippen molar-refractivity contribution in [3.05, 3.63) is 53.1 Å². The third-order valence-electron chi connectivity index (χ3n) is 5.77. The lowest BCUT2D eigenvalue weighted by atomic mass is 10.0. The summed E-state index contributed by atoms with van der Waals surface area (Å²) < 4.78 is 33.5. The van der Waals surface area contributed by atoms with Gasteiger partial charge in [0.15, 0.2) is 0 Å². The Kier molecular flexibility index (Phi) is 7.40. The number of carbonyl (C=O) groups is 1. The second-order valence-corrected chi connectivity index (χ2v) is 11.8. The van der Waals surface area contributed by atoms with Crippen molar-refractivity contribution >= 4 is 27.3 Å². The number of hydrogen-bond acceptors (Lipinski definition) is 8. The third kappa shape index (κ3) is 5.56. The van der Waals surface area contributed by atoms with Gasteiger partial charge < -0.3 is 9.64 Å². The van der Waals surface area contributed by atoms with Gasteiger partial charge >= 0.3 is 0 Å². The molecule has 3 aromatic rings. The van der Waals surface area contributed by atoms with Crippen molar-refractivity contribution in [1.29, 1.82) is 5.26 Å². The summed E-state index contributed by atoms with van der Waals surface area (Å²) in [6.07, 6.45) is 1.23. The maximum absolute atomic E-state index is 12.6. The zero-order chi connectivity index (χ0) is 26.0. The number of rotatable bonds is 8. The molecule has 0 fully saturated rings. The van der Waals surface area contributed by atoms with Gasteiger partial charge in [-0.15, -0.1) is 10.2 Å². The molecule has 0 saturated carbocycles. The van der Waals surface area contributed by atoms with Crippen LogP contribution < -0.4 is 9.46 Å². The summed E-state index contributed by atoms with van der Waals surface area (Å²) in [6, 6.07) is 12.9. The van der Waals surface area contributed by atoms with Crippen molar-refractivity contribution in [2.45, 2.75) is 38.8 Å². The van der Waals surface area contributed by atoms with Crippen molar-refractivity contribution in [1.82, 2.24) is 19.8 Å². The summed E-state index contributed by atoms with van der Waals surface area (Å²) in [5.74, 6) is -0.529. The molecule has 1 N–H and O–H groups in total. The summed E-state index contributed by atoms with van der Waals surface area (Å²) in [5, 5.41) is 19.7. The Bertz CT molecular complexity index is 1440. The molecule has 188 valence electrons. The van der Waals surface area contributed by atoms with Crippen molar-refractivity contribution in [3.63, 3.8) is 0 Å². The molecule has 0 bridgehead atoms. The molecule has 1 aliphatic rings. The monoisotopic (exact) mass is 525 g/mol. The number of hydrogen-bond donors (Lipinski definition) is 1. The smallest absolute Gasteiger partial charge is 0.238 e. The van der Waals surface area contributed by atoms with Gasteiger partial charge in [-0.1, -0.05) is 29.5 Å². The van der Waals surface area contributed by atoms with Crippen LogP contribution >= 0.6 is 11.3 Å². The molecule has 0 spiro atoms. The molecular weight excluding hydrogens is 498 g/mol. The predicted octanol–water partition coefficient (Wildman–Crippen LogP) is 3.53. The standard InChI is InChI=1S/C25H27N5O4S2/c1-15(2)34-22-11-8-16(12-17(22)13-26)24-27-28-25(35-24)20-7-5-6-19-18(20)9-10-21(19)29-36(32,33)14-23(31)30(3)4/h5-8,11-12,15,21,29H,9-10,14H2,1-4H3/t21-/m1/s1. The third-order valence-corrected chi connectivity index (χ3v) is 8.05. The van der Waals surface area contributed by atoms with Crippen LogP contribution in [0.3, 0.4) is 0 Å². The van der Waals surface area contributed by atoms with E-state index in [-0.39, 0.29) is 6.10 Å². The van der Waals surface area contributed by atoms with Gasteiger partial charge in [-0.2, -0.15) is 5.26 Å². The van der Waals surface area contributed by atoms with Crippen molar-refractivity contribution in [3.8, 4) is 33.0 Å². The molecule has 1 amide bonds. The molecule has 2 aromatic carbocycles. The van der Waals surface area contributed by atoms with E-state index < -0.39 is 27.7 Å². The number of nitrogens with one attached hydrogen (secondary N) is 1. The minimum Gasteiger partial charge on any atom is -0.490 e. The topological polar surface area (TPSA) is 125 Å². The fourth-order valence-corrected chi connectivity index (χ4v) is 6.32. The van der Waals surface area contributed by atoms with E-state index >= 15 is 0 Å². The largest absolute Gasteiger partial charge is 0.490 e. The summed E-state index contributed by atoms with van der Waals surface area (Å²) >= 11 is 1.41. The summed E-state index contributed by atoms with van der Waals surface area (Å²) in [7, 11) is -0.726. The highest BCUT2D eigenvalue weighted by Gasteiger charge is 2.30. The SMILES string of the molecule is CC(C)Oc1ccc(-c2nnc(-c3cccc4c3CC[C@H]4NS(=O)(=O)CC(=O)N(C)C)s2)cc1C#N. The van der Waals surface area contributed by atoms with Crippen LogP contribution in [-0.4, -0.2) is 55.4 Å². The Hall–Kier alpha value is -3.33. The Morgan fingerprint density at radius 1 is 1.25 bits per heavy atom. The van der Waals surface area contributed by atoms with Crippen LogP contribution in [0.15, 0.2) is 36.4 Å². The first-order chi connectivity index (χ1) is 17.1. The quantitative estimate of drug-likeness (QED) is 0.477. The Labute approximate surface area is 214 Å². The van der Waals surface area contributed by atoms with E-state index in [0.29, 0.717) is 34.2 Å². The van der Waals surface area contributed by atoms with Crippen molar-refractivity contribution in [2.24, 2.45) is 0 Å². The average Bonchev–Trinajstić information content (AvgIpc) is 3.46. The highest BCUT2D eigenvalue weighted by atomic mass is 32.2. The molecule has 36 heavy (non-hydrogen) atoms. The summed E-state index contributed by atoms with van der Waals surface area (Å²) in [5.41, 5.74) is 4.01. The molecule has 1 atom stereocenters. The number of nitrogens with zero attached hydrogens (tertiary/aromatic N) is 4. The molecule has 0 unspecified atom stereocenters. The molecule has 1 aromatic heterocycles. The van der Waals surface area contributed by atoms with Gasteiger partial charge in [-0.3, -0.25) is 4.79 Å². The maximum atomic E-state index is 12.6. The number of fused-ring (bicyclic) bond motifs is 1. The van der Waals surface area contributed by atoms with Gasteiger partial charge in [-0.25, -0.2) is 13.1 Å². The average molecular weight is 526 g/mol. The van der Waals surface area contributed by atoms with Crippen molar-refractivity contribution < 1.29 is 17.9 Å². The van der Waals surface area contributed by atoms with E-state index in [1.807, 2.05) is 38.1 Å². The normalized spacial score (nSPS) is 14.9. The first kappa shape index (κ1) is 25.8. The summed E-state index contributed by atoms with van der Waals surface area (Å²) in [4.78, 5) is 13.2. The van der Waals surface area contributed by atoms with Gasteiger partial charge in [-0.05, 0) is 56.0 Å². The minimum absolute atomic E-state index is 0.0435. The van der Waals surface area contributed by atoms with Crippen LogP contribution in [0.2, 0.25) is 0 Å². The lowest BCUT2D eigenvalue weighted by Gasteiger charge is -2.16. The molecule has 11 heteroatoms. The van der Waals surface area contributed by atoms with Crippen LogP contribution in [0.1, 0.15) is 43.0 Å². The molecule has 9 nitrogen and oxygen atoms in total. The van der Waals surface area contributed by atoms with Gasteiger partial charge in [0.25, 0.3) is 0 Å². The van der Waals surface area contributed by atoms with Crippen molar-refractivity contribution in [2.75, 3.05) is 19.8 Å². The van der Waals surface area contributed by atoms with Crippen LogP contribution in [0.25, 0.3) is 21.1 Å². The number of ether oxygens (including phenoxy) is 1. The van der Waals surface area contributed by atoms with Crippen LogP contribution in [0.5, 0.6) is 5.75 Å². The minimum atomic E-state index is -3.78. The molecule has 1 heterocycles. The lowest BCUT2D eigenvalue weighted by Crippen LogP contribution is -2.37. The van der Waals surface area contributed by atoms with Gasteiger partial charge in [0, 0.05) is 31.3 Å². The highest BCUT2D eigenvalue weighted by molar-refractivity contribution is 7.90. The number of aromatic nitrogens is 2. The van der Waals surface area contributed by atoms with E-state index in [0.717, 1.165) is 22.3 Å². The van der Waals surface area contributed by atoms with E-state index in [9.17, 15) is 18.5 Å². The second-order valence-electron chi connectivity index (χ2n) is 9.03. The molecule has 0 saturated heterocycles. The Morgan fingerprint density at radius 3 is 2.69 bits per heavy atom. The zero-order valence-electron chi connectivity index (χ0n) is 20.5. The Balaban J connectivity index is 1.59. The summed E-state index contributed by atoms with van der Waals surface area (Å²) in [6.45, 7) is 3.81. The lowest BCUT2D eigenvalue weighted by molar-refractivity contribution is -0.125. The predicted molar refractivity (Wildman–Crippen MR) is 138 cm³/mol. The number of sulfonamides is 1. The van der Waals surface area contributed by atoms with E-state index in [4.69, 9.17) is 4.74 Å². The van der Waals surface area contributed by atoms with Gasteiger partial charge in [0.2, 0.25) is 15.9 Å². The number of amides is 1. The second kappa shape index (κ2) is 10.3. The maximum Gasteiger partial charge on any atom is 0.238 e. The van der Waals surface area contributed by atoms with Crippen LogP contribution in [-0.2, 0) is 21.2 Å². The van der Waals surface area contributed by atoms with E-state index in [1.54, 1.807) is 12.1 Å². The van der Waals surface area contributed by atoms with Gasteiger partial charge in [0.05, 0.1) is 11.7 Å². The van der Waals surface area contributed by atoms with Gasteiger partial charge in [0.1, 0.15) is 27.6 Å². The van der Waals surface area contributed by atoms with Crippen LogP contribution in [0, 0.1) is 11.3 Å². The first-order valence-electron chi connectivity index (χ1n) is 11.4. The molecule has 4 rings (SSSR count). The number of benzene rings is 2. The van der Waals surface area contributed by atoms with E-state index in [2.05, 4.69) is 21.0 Å². The molecule has 1 aliphatic carbocycles. The molecule has 0 aliphatic heterocycles. The fraction of sp³-hybridized carbons (Fsp3) is 0.360. The van der Waals surface area contributed by atoms with E-state index in [1.165, 1.54) is 30.3 Å². The first-order valence-corrected chi connectivity index (χ1v) is 13.9. The molecular formula is C25H27N5O4S2. The molecule has 0 radical (unpaired) electrons. The highest BCUT2D eigenvalue weighted by Crippen LogP contribution is 2.40. The fourth-order valence-electron chi connectivity index (χ4n) is 4.08. The number of carbonyl (C=O) groups excluding carboxylic acids is 1. The Morgan fingerprint density at radius 2 is 2.00 bits per heavy atom. The van der Waals surface area contributed by atoms with Crippen LogP contribution in [0.4, 0.5) is 0 Å². The number of nitriles is 1. The zero-order valence-corrected chi connectivity index (χ0v) is 22.1.